The number of esters is 1. The van der Waals surface area contributed by atoms with E-state index in [-0.39, 0.29) is 22.9 Å². The van der Waals surface area contributed by atoms with E-state index in [1.54, 1.807) is 6.07 Å². The molecule has 0 saturated carbocycles. The number of methoxy groups -OCH3 is 1. The largest absolute Gasteiger partial charge is 0.495 e. The van der Waals surface area contributed by atoms with Gasteiger partial charge in [-0.05, 0) is 54.3 Å². The number of nitrogens with zero attached hydrogens (tertiary/aromatic N) is 1. The van der Waals surface area contributed by atoms with Gasteiger partial charge in [0, 0.05) is 14.1 Å². The fourth-order valence-electron chi connectivity index (χ4n) is 3.06. The summed E-state index contributed by atoms with van der Waals surface area (Å²) in [5.74, 6) is -0.201. The van der Waals surface area contributed by atoms with E-state index in [0.717, 1.165) is 9.87 Å². The lowest BCUT2D eigenvalue weighted by molar-refractivity contribution is -0.149. The number of nitrogens with one attached hydrogen (secondary N) is 1. The smallest absolute Gasteiger partial charge is 0.344 e. The summed E-state index contributed by atoms with van der Waals surface area (Å²) in [5, 5.41) is 2.50. The zero-order chi connectivity index (χ0) is 24.8. The second kappa shape index (κ2) is 11.2. The normalized spacial score (nSPS) is 11.4. The van der Waals surface area contributed by atoms with E-state index in [2.05, 4.69) is 19.2 Å². The molecule has 0 bridgehead atoms. The lowest BCUT2D eigenvalue weighted by atomic mass is 9.98. The Labute approximate surface area is 194 Å². The fraction of sp³-hybridized carbons (Fsp3) is 0.391. The van der Waals surface area contributed by atoms with Gasteiger partial charge in [-0.1, -0.05) is 19.9 Å². The molecule has 0 saturated heterocycles. The minimum absolute atomic E-state index is 0.0206. The van der Waals surface area contributed by atoms with Gasteiger partial charge in [0.25, 0.3) is 5.91 Å². The molecule has 0 aliphatic rings. The molecular weight excluding hydrogens is 448 g/mol. The Morgan fingerprint density at radius 3 is 2.33 bits per heavy atom. The average Bonchev–Trinajstić information content (AvgIpc) is 2.75. The summed E-state index contributed by atoms with van der Waals surface area (Å²) in [6.07, 6.45) is 0. The first-order valence-electron chi connectivity index (χ1n) is 10.2. The Balaban J connectivity index is 1.94. The fourth-order valence-corrected chi connectivity index (χ4v) is 3.99. The summed E-state index contributed by atoms with van der Waals surface area (Å²) < 4.78 is 41.3. The van der Waals surface area contributed by atoms with Crippen molar-refractivity contribution in [3.63, 3.8) is 0 Å². The topological polar surface area (TPSA) is 111 Å². The molecule has 1 N–H and O–H groups in total. The molecular formula is C23H30N2O7S. The first-order chi connectivity index (χ1) is 15.4. The van der Waals surface area contributed by atoms with Gasteiger partial charge in [-0.3, -0.25) is 4.79 Å². The van der Waals surface area contributed by atoms with Crippen molar-refractivity contribution in [2.75, 3.05) is 39.7 Å². The number of carbonyl (C=O) groups excluding carboxylic acids is 2. The quantitative estimate of drug-likeness (QED) is 0.523. The Kier molecular flexibility index (Phi) is 8.84. The van der Waals surface area contributed by atoms with Crippen LogP contribution < -0.4 is 14.8 Å². The van der Waals surface area contributed by atoms with Crippen LogP contribution in [0.25, 0.3) is 0 Å². The first kappa shape index (κ1) is 26.1. The van der Waals surface area contributed by atoms with Crippen LogP contribution in [0.2, 0.25) is 0 Å². The monoisotopic (exact) mass is 478 g/mol. The molecule has 0 aromatic heterocycles. The predicted molar refractivity (Wildman–Crippen MR) is 124 cm³/mol. The number of rotatable bonds is 10. The number of benzene rings is 2. The van der Waals surface area contributed by atoms with Crippen LogP contribution >= 0.6 is 0 Å². The number of sulfonamides is 1. The highest BCUT2D eigenvalue weighted by Crippen LogP contribution is 2.28. The lowest BCUT2D eigenvalue weighted by Crippen LogP contribution is -2.25. The molecule has 1 amide bonds. The second-order valence-electron chi connectivity index (χ2n) is 7.82. The minimum Gasteiger partial charge on any atom is -0.495 e. The van der Waals surface area contributed by atoms with Crippen LogP contribution in [0, 0.1) is 6.92 Å². The summed E-state index contributed by atoms with van der Waals surface area (Å²) >= 11 is 0. The van der Waals surface area contributed by atoms with Gasteiger partial charge in [0.05, 0.1) is 17.7 Å². The van der Waals surface area contributed by atoms with Crippen molar-refractivity contribution >= 4 is 27.6 Å². The molecule has 0 unspecified atom stereocenters. The van der Waals surface area contributed by atoms with Crippen LogP contribution in [-0.4, -0.2) is 59.0 Å². The Morgan fingerprint density at radius 1 is 1.06 bits per heavy atom. The Bertz CT molecular complexity index is 1110. The molecule has 10 heteroatoms. The summed E-state index contributed by atoms with van der Waals surface area (Å²) in [7, 11) is 0.485. The Morgan fingerprint density at radius 2 is 1.76 bits per heavy atom. The van der Waals surface area contributed by atoms with Crippen LogP contribution in [0.1, 0.15) is 30.9 Å². The molecule has 0 aliphatic carbocycles. The van der Waals surface area contributed by atoms with Gasteiger partial charge in [0.1, 0.15) is 11.5 Å². The molecule has 33 heavy (non-hydrogen) atoms. The molecule has 180 valence electrons. The maximum atomic E-state index is 12.3. The molecule has 9 nitrogen and oxygen atoms in total. The zero-order valence-electron chi connectivity index (χ0n) is 19.7. The average molecular weight is 479 g/mol. The summed E-state index contributed by atoms with van der Waals surface area (Å²) in [5.41, 5.74) is 2.39. The minimum atomic E-state index is -3.71. The molecule has 0 spiro atoms. The van der Waals surface area contributed by atoms with Gasteiger partial charge in [-0.2, -0.15) is 0 Å². The van der Waals surface area contributed by atoms with Crippen LogP contribution in [0.5, 0.6) is 11.5 Å². The molecule has 0 heterocycles. The number of aryl methyl sites for hydroxylation is 1. The van der Waals surface area contributed by atoms with E-state index in [0.29, 0.717) is 11.7 Å². The number of carbonyl (C=O) groups is 2. The zero-order valence-corrected chi connectivity index (χ0v) is 20.5. The molecule has 0 fully saturated rings. The van der Waals surface area contributed by atoms with Crippen molar-refractivity contribution in [1.82, 2.24) is 4.31 Å². The Hall–Kier alpha value is -3.11. The first-order valence-corrected chi connectivity index (χ1v) is 11.7. The van der Waals surface area contributed by atoms with Gasteiger partial charge < -0.3 is 19.5 Å². The number of hydrogen-bond acceptors (Lipinski definition) is 7. The predicted octanol–water partition coefficient (Wildman–Crippen LogP) is 2.94. The van der Waals surface area contributed by atoms with Crippen LogP contribution in [0.15, 0.2) is 41.3 Å². The van der Waals surface area contributed by atoms with Crippen molar-refractivity contribution in [2.45, 2.75) is 31.6 Å². The molecule has 2 aromatic rings. The number of amides is 1. The van der Waals surface area contributed by atoms with E-state index in [1.807, 2.05) is 19.1 Å². The second-order valence-corrected chi connectivity index (χ2v) is 9.97. The van der Waals surface area contributed by atoms with E-state index in [9.17, 15) is 18.0 Å². The van der Waals surface area contributed by atoms with Crippen molar-refractivity contribution in [1.29, 1.82) is 0 Å². The standard InChI is InChI=1S/C23H30N2O7S/c1-15(2)19-9-7-17(11-16(19)3)31-14-23(27)32-13-22(26)24-20-12-18(8-10-21(20)30-6)33(28,29)25(4)5/h7-12,15H,13-14H2,1-6H3,(H,24,26). The van der Waals surface area contributed by atoms with Gasteiger partial charge >= 0.3 is 5.97 Å². The van der Waals surface area contributed by atoms with Crippen molar-refractivity contribution < 1.29 is 32.2 Å². The maximum absolute atomic E-state index is 12.3. The highest BCUT2D eigenvalue weighted by atomic mass is 32.2. The third-order valence-electron chi connectivity index (χ3n) is 4.81. The van der Waals surface area contributed by atoms with E-state index in [4.69, 9.17) is 14.2 Å². The van der Waals surface area contributed by atoms with Gasteiger partial charge in [0.15, 0.2) is 13.2 Å². The highest BCUT2D eigenvalue weighted by Gasteiger charge is 2.20. The molecule has 2 aromatic carbocycles. The molecule has 0 aliphatic heterocycles. The summed E-state index contributed by atoms with van der Waals surface area (Å²) in [4.78, 5) is 24.2. The molecule has 0 radical (unpaired) electrons. The van der Waals surface area contributed by atoms with Crippen molar-refractivity contribution in [2.24, 2.45) is 0 Å². The summed E-state index contributed by atoms with van der Waals surface area (Å²) in [6, 6.07) is 9.65. The van der Waals surface area contributed by atoms with Crippen molar-refractivity contribution in [3.05, 3.63) is 47.5 Å². The van der Waals surface area contributed by atoms with E-state index < -0.39 is 28.5 Å². The van der Waals surface area contributed by atoms with Crippen molar-refractivity contribution in [3.8, 4) is 11.5 Å². The van der Waals surface area contributed by atoms with Gasteiger partial charge in [0.2, 0.25) is 10.0 Å². The molecule has 0 atom stereocenters. The van der Waals surface area contributed by atoms with Crippen LogP contribution in [0.3, 0.4) is 0 Å². The number of hydrogen-bond donors (Lipinski definition) is 1. The van der Waals surface area contributed by atoms with Gasteiger partial charge in [-0.25, -0.2) is 17.5 Å². The summed E-state index contributed by atoms with van der Waals surface area (Å²) in [6.45, 7) is 5.24. The maximum Gasteiger partial charge on any atom is 0.344 e. The number of ether oxygens (including phenoxy) is 3. The van der Waals surface area contributed by atoms with Crippen LogP contribution in [-0.2, 0) is 24.3 Å². The van der Waals surface area contributed by atoms with E-state index >= 15 is 0 Å². The SMILES string of the molecule is COc1ccc(S(=O)(=O)N(C)C)cc1NC(=O)COC(=O)COc1ccc(C(C)C)c(C)c1. The molecule has 2 rings (SSSR count). The third-order valence-corrected chi connectivity index (χ3v) is 6.62. The third kappa shape index (κ3) is 6.93. The van der Waals surface area contributed by atoms with Crippen LogP contribution in [0.4, 0.5) is 5.69 Å². The lowest BCUT2D eigenvalue weighted by Gasteiger charge is -2.15. The number of anilines is 1. The van der Waals surface area contributed by atoms with Gasteiger partial charge in [-0.15, -0.1) is 0 Å². The highest BCUT2D eigenvalue weighted by molar-refractivity contribution is 7.89. The van der Waals surface area contributed by atoms with E-state index in [1.165, 1.54) is 45.0 Å².